The monoisotopic (exact) mass is 475 g/mol. The molecule has 174 valence electrons. The molecular weight excluding hydrogens is 454 g/mol. The van der Waals surface area contributed by atoms with Crippen molar-refractivity contribution in [1.82, 2.24) is 4.31 Å². The number of carboxylic acids is 1. The molecule has 1 unspecified atom stereocenters. The summed E-state index contributed by atoms with van der Waals surface area (Å²) < 4.78 is 85.7. The van der Waals surface area contributed by atoms with Gasteiger partial charge in [0.15, 0.2) is 6.61 Å². The van der Waals surface area contributed by atoms with Crippen LogP contribution in [0.5, 0.6) is 5.75 Å². The maximum absolute atomic E-state index is 13.9. The van der Waals surface area contributed by atoms with Crippen molar-refractivity contribution >= 4 is 16.0 Å². The van der Waals surface area contributed by atoms with Crippen LogP contribution in [0.25, 0.3) is 0 Å². The lowest BCUT2D eigenvalue weighted by Gasteiger charge is -2.29. The van der Waals surface area contributed by atoms with Crippen molar-refractivity contribution in [2.75, 3.05) is 13.7 Å². The van der Waals surface area contributed by atoms with E-state index in [0.717, 1.165) is 4.31 Å². The van der Waals surface area contributed by atoms with Gasteiger partial charge in [-0.1, -0.05) is 18.6 Å². The molecule has 1 atom stereocenters. The maximum Gasteiger partial charge on any atom is 0.416 e. The molecule has 0 saturated heterocycles. The first-order valence-corrected chi connectivity index (χ1v) is 11.2. The highest BCUT2D eigenvalue weighted by atomic mass is 32.2. The highest BCUT2D eigenvalue weighted by molar-refractivity contribution is 7.89. The van der Waals surface area contributed by atoms with Crippen LogP contribution in [0.4, 0.5) is 17.6 Å². The second-order valence-electron chi connectivity index (χ2n) is 7.46. The number of hydrogen-bond donors (Lipinski definition) is 1. The number of hydrogen-bond acceptors (Lipinski definition) is 4. The molecule has 0 heterocycles. The molecule has 1 N–H and O–H groups in total. The Morgan fingerprint density at radius 2 is 1.94 bits per heavy atom. The normalized spacial score (nSPS) is 17.0. The van der Waals surface area contributed by atoms with Crippen molar-refractivity contribution < 1.29 is 40.6 Å². The van der Waals surface area contributed by atoms with E-state index in [-0.39, 0.29) is 6.07 Å². The van der Waals surface area contributed by atoms with E-state index in [1.165, 1.54) is 7.05 Å². The Hall–Kier alpha value is -2.66. The minimum atomic E-state index is -4.91. The SMILES string of the molecule is CN(C1CCCCc2c(OCC(=O)O)cccc21)S(=O)(=O)c1cc(F)cc(C(F)(F)F)c1. The fourth-order valence-corrected chi connectivity index (χ4v) is 5.24. The van der Waals surface area contributed by atoms with Crippen LogP contribution in [0.15, 0.2) is 41.3 Å². The van der Waals surface area contributed by atoms with Crippen LogP contribution in [-0.4, -0.2) is 37.5 Å². The molecular formula is C21H21F4NO5S. The number of nitrogens with zero attached hydrogens (tertiary/aromatic N) is 1. The Kier molecular flexibility index (Phi) is 6.80. The molecule has 0 radical (unpaired) electrons. The van der Waals surface area contributed by atoms with Gasteiger partial charge in [0.1, 0.15) is 11.6 Å². The van der Waals surface area contributed by atoms with Gasteiger partial charge in [-0.2, -0.15) is 17.5 Å². The second-order valence-corrected chi connectivity index (χ2v) is 9.46. The molecule has 6 nitrogen and oxygen atoms in total. The summed E-state index contributed by atoms with van der Waals surface area (Å²) in [6, 6.07) is 5.33. The van der Waals surface area contributed by atoms with E-state index in [9.17, 15) is 30.8 Å². The molecule has 0 fully saturated rings. The van der Waals surface area contributed by atoms with E-state index < -0.39 is 51.1 Å². The van der Waals surface area contributed by atoms with Crippen molar-refractivity contribution in [2.45, 2.75) is 42.8 Å². The summed E-state index contributed by atoms with van der Waals surface area (Å²) in [5.41, 5.74) is -0.174. The highest BCUT2D eigenvalue weighted by Crippen LogP contribution is 2.40. The number of ether oxygens (including phenoxy) is 1. The summed E-state index contributed by atoms with van der Waals surface area (Å²) in [6.45, 7) is -0.571. The summed E-state index contributed by atoms with van der Waals surface area (Å²) in [5.74, 6) is -2.16. The van der Waals surface area contributed by atoms with Crippen molar-refractivity contribution in [2.24, 2.45) is 0 Å². The van der Waals surface area contributed by atoms with E-state index in [1.54, 1.807) is 18.2 Å². The van der Waals surface area contributed by atoms with Gasteiger partial charge >= 0.3 is 12.1 Å². The number of aliphatic carboxylic acids is 1. The van der Waals surface area contributed by atoms with E-state index in [2.05, 4.69) is 0 Å². The van der Waals surface area contributed by atoms with Gasteiger partial charge in [-0.15, -0.1) is 0 Å². The maximum atomic E-state index is 13.9. The van der Waals surface area contributed by atoms with E-state index in [0.29, 0.717) is 54.7 Å². The summed E-state index contributed by atoms with van der Waals surface area (Å²) in [5, 5.41) is 8.89. The van der Waals surface area contributed by atoms with Crippen molar-refractivity contribution in [3.63, 3.8) is 0 Å². The van der Waals surface area contributed by atoms with E-state index in [1.807, 2.05) is 0 Å². The molecule has 1 aliphatic rings. The number of alkyl halides is 3. The minimum absolute atomic E-state index is 0.242. The molecule has 2 aromatic rings. The van der Waals surface area contributed by atoms with E-state index in [4.69, 9.17) is 9.84 Å². The van der Waals surface area contributed by atoms with Crippen LogP contribution in [0, 0.1) is 5.82 Å². The number of rotatable bonds is 6. The number of fused-ring (bicyclic) bond motifs is 1. The lowest BCUT2D eigenvalue weighted by atomic mass is 9.98. The Balaban J connectivity index is 2.03. The summed E-state index contributed by atoms with van der Waals surface area (Å²) in [7, 11) is -3.25. The minimum Gasteiger partial charge on any atom is -0.482 e. The average Bonchev–Trinajstić information content (AvgIpc) is 2.93. The summed E-state index contributed by atoms with van der Waals surface area (Å²) >= 11 is 0. The average molecular weight is 475 g/mol. The predicted octanol–water partition coefficient (Wildman–Crippen LogP) is 4.40. The van der Waals surface area contributed by atoms with Gasteiger partial charge in [0.25, 0.3) is 0 Å². The van der Waals surface area contributed by atoms with Gasteiger partial charge in [-0.05, 0) is 54.7 Å². The molecule has 32 heavy (non-hydrogen) atoms. The number of carboxylic acid groups (broad SMARTS) is 1. The molecule has 0 aliphatic heterocycles. The van der Waals surface area contributed by atoms with Crippen molar-refractivity contribution in [3.8, 4) is 5.75 Å². The lowest BCUT2D eigenvalue weighted by molar-refractivity contribution is -0.139. The first-order valence-electron chi connectivity index (χ1n) is 9.73. The summed E-state index contributed by atoms with van der Waals surface area (Å²) in [6.07, 6.45) is -2.70. The van der Waals surface area contributed by atoms with Crippen molar-refractivity contribution in [3.05, 3.63) is 58.9 Å². The fraction of sp³-hybridized carbons (Fsp3) is 0.381. The largest absolute Gasteiger partial charge is 0.482 e. The van der Waals surface area contributed by atoms with Crippen LogP contribution in [0.2, 0.25) is 0 Å². The van der Waals surface area contributed by atoms with Crippen molar-refractivity contribution in [1.29, 1.82) is 0 Å². The predicted molar refractivity (Wildman–Crippen MR) is 106 cm³/mol. The zero-order valence-corrected chi connectivity index (χ0v) is 17.8. The third-order valence-corrected chi connectivity index (χ3v) is 7.19. The molecule has 0 amide bonds. The first-order chi connectivity index (χ1) is 14.9. The van der Waals surface area contributed by atoms with Gasteiger partial charge in [-0.3, -0.25) is 0 Å². The molecule has 1 aliphatic carbocycles. The number of carbonyl (C=O) groups is 1. The fourth-order valence-electron chi connectivity index (χ4n) is 3.82. The van der Waals surface area contributed by atoms with E-state index >= 15 is 0 Å². The smallest absolute Gasteiger partial charge is 0.416 e. The van der Waals surface area contributed by atoms with Gasteiger partial charge in [-0.25, -0.2) is 17.6 Å². The van der Waals surface area contributed by atoms with Crippen LogP contribution >= 0.6 is 0 Å². The summed E-state index contributed by atoms with van der Waals surface area (Å²) in [4.78, 5) is 10.1. The lowest BCUT2D eigenvalue weighted by Crippen LogP contribution is -2.32. The van der Waals surface area contributed by atoms with Gasteiger partial charge < -0.3 is 9.84 Å². The molecule has 2 aromatic carbocycles. The molecule has 0 saturated carbocycles. The van der Waals surface area contributed by atoms with Gasteiger partial charge in [0.05, 0.1) is 16.5 Å². The number of sulfonamides is 1. The third kappa shape index (κ3) is 5.04. The second kappa shape index (κ2) is 9.07. The zero-order valence-electron chi connectivity index (χ0n) is 17.0. The molecule has 3 rings (SSSR count). The molecule has 11 heteroatoms. The van der Waals surface area contributed by atoms with Gasteiger partial charge in [0, 0.05) is 7.05 Å². The van der Waals surface area contributed by atoms with Crippen LogP contribution < -0.4 is 4.74 Å². The van der Waals surface area contributed by atoms with Crippen LogP contribution in [0.1, 0.15) is 42.0 Å². The van der Waals surface area contributed by atoms with Crippen LogP contribution in [0.3, 0.4) is 0 Å². The standard InChI is InChI=1S/C21H21F4NO5S/c1-26(32(29,30)15-10-13(21(23,24)25)9-14(22)11-15)18-7-3-2-5-17-16(18)6-4-8-19(17)31-12-20(27)28/h4,6,8-11,18H,2-3,5,7,12H2,1H3,(H,27,28). The topological polar surface area (TPSA) is 83.9 Å². The number of halogens is 4. The Labute approximate surface area is 182 Å². The molecule has 0 bridgehead atoms. The zero-order chi connectivity index (χ0) is 23.7. The third-order valence-electron chi connectivity index (χ3n) is 5.35. The van der Waals surface area contributed by atoms with Crippen LogP contribution in [-0.2, 0) is 27.4 Å². The quantitative estimate of drug-likeness (QED) is 0.495. The first kappa shape index (κ1) is 24.0. The Morgan fingerprint density at radius 1 is 1.22 bits per heavy atom. The number of benzene rings is 2. The highest BCUT2D eigenvalue weighted by Gasteiger charge is 2.36. The van der Waals surface area contributed by atoms with Gasteiger partial charge in [0.2, 0.25) is 10.0 Å². The molecule has 0 spiro atoms. The Bertz CT molecular complexity index is 1120. The molecule has 0 aromatic heterocycles. The Morgan fingerprint density at radius 3 is 2.59 bits per heavy atom.